The second-order valence-electron chi connectivity index (χ2n) is 4.30. The van der Waals surface area contributed by atoms with Gasteiger partial charge in [0.05, 0.1) is 0 Å². The molecule has 98 valence electrons. The van der Waals surface area contributed by atoms with Crippen molar-refractivity contribution in [2.75, 3.05) is 0 Å². The second-order valence-corrected chi connectivity index (χ2v) is 4.30. The molecule has 0 spiro atoms. The summed E-state index contributed by atoms with van der Waals surface area (Å²) in [7, 11) is 0. The Bertz CT molecular complexity index is 527. The Balaban J connectivity index is 2.08. The number of hydrogen-bond donors (Lipinski definition) is 1. The minimum atomic E-state index is 0.334. The molecule has 0 bridgehead atoms. The van der Waals surface area contributed by atoms with Gasteiger partial charge in [0, 0.05) is 0 Å². The van der Waals surface area contributed by atoms with Crippen molar-refractivity contribution in [2.45, 2.75) is 19.4 Å². The molecule has 1 aromatic carbocycles. The van der Waals surface area contributed by atoms with Gasteiger partial charge < -0.3 is 10.5 Å². The fourth-order valence-electron chi connectivity index (χ4n) is 1.94. The van der Waals surface area contributed by atoms with Crippen molar-refractivity contribution in [3.63, 3.8) is 0 Å². The Hall–Kier alpha value is -2.29. The molecule has 0 aliphatic heterocycles. The van der Waals surface area contributed by atoms with Crippen molar-refractivity contribution in [3.8, 4) is 0 Å². The van der Waals surface area contributed by atoms with E-state index in [9.17, 15) is 0 Å². The predicted octanol–water partition coefficient (Wildman–Crippen LogP) is 3.31. The van der Waals surface area contributed by atoms with Crippen LogP contribution in [0.5, 0.6) is 0 Å². The quantitative estimate of drug-likeness (QED) is 0.647. The van der Waals surface area contributed by atoms with Crippen LogP contribution in [0.25, 0.3) is 0 Å². The van der Waals surface area contributed by atoms with Gasteiger partial charge in [0.15, 0.2) is 0 Å². The second kappa shape index (κ2) is 6.59. The van der Waals surface area contributed by atoms with Crippen LogP contribution in [0, 0.1) is 0 Å². The van der Waals surface area contributed by atoms with Crippen molar-refractivity contribution in [3.05, 3.63) is 71.3 Å². The number of rotatable bonds is 5. The summed E-state index contributed by atoms with van der Waals surface area (Å²) in [6.07, 6.45) is 8.04. The summed E-state index contributed by atoms with van der Waals surface area (Å²) in [5, 5.41) is 0. The van der Waals surface area contributed by atoms with Gasteiger partial charge in [0.25, 0.3) is 0 Å². The van der Waals surface area contributed by atoms with Gasteiger partial charge in [-0.3, -0.25) is 4.99 Å². The third kappa shape index (κ3) is 3.58. The van der Waals surface area contributed by atoms with Gasteiger partial charge in [-0.15, -0.1) is 0 Å². The number of allylic oxidation sites excluding steroid dienone is 4. The maximum atomic E-state index is 5.97. The van der Waals surface area contributed by atoms with Crippen LogP contribution in [0.15, 0.2) is 70.7 Å². The van der Waals surface area contributed by atoms with Crippen molar-refractivity contribution < 1.29 is 4.74 Å². The highest BCUT2D eigenvalue weighted by Crippen LogP contribution is 2.23. The average molecular weight is 254 g/mol. The molecule has 1 aromatic rings. The molecule has 0 fully saturated rings. The van der Waals surface area contributed by atoms with Crippen molar-refractivity contribution in [2.24, 2.45) is 10.7 Å². The molecule has 0 heterocycles. The Kier molecular flexibility index (Phi) is 4.56. The lowest BCUT2D eigenvalue weighted by molar-refractivity contribution is 0.192. The fraction of sp³-hybridized carbons (Fsp3) is 0.188. The molecule has 3 heteroatoms. The van der Waals surface area contributed by atoms with E-state index in [0.29, 0.717) is 18.2 Å². The number of ether oxygens (including phenoxy) is 1. The zero-order valence-electron chi connectivity index (χ0n) is 10.9. The van der Waals surface area contributed by atoms with E-state index in [1.54, 1.807) is 0 Å². The van der Waals surface area contributed by atoms with Crippen LogP contribution < -0.4 is 5.73 Å². The summed E-state index contributed by atoms with van der Waals surface area (Å²) in [5.74, 6) is 0.334. The number of nitrogens with zero attached hydrogens (tertiary/aromatic N) is 1. The molecule has 0 radical (unpaired) electrons. The van der Waals surface area contributed by atoms with E-state index >= 15 is 0 Å². The summed E-state index contributed by atoms with van der Waals surface area (Å²) in [4.78, 5) is 4.00. The molecule has 1 aliphatic carbocycles. The van der Waals surface area contributed by atoms with Gasteiger partial charge in [0.2, 0.25) is 5.88 Å². The number of aliphatic imine (C=N–C) groups is 1. The maximum absolute atomic E-state index is 5.97. The maximum Gasteiger partial charge on any atom is 0.211 e. The van der Waals surface area contributed by atoms with E-state index in [-0.39, 0.29) is 0 Å². The zero-order valence-corrected chi connectivity index (χ0v) is 10.9. The van der Waals surface area contributed by atoms with Crippen LogP contribution in [0.3, 0.4) is 0 Å². The SMILES string of the molecule is C=N/C(C1=CC=CCC1)=C(/N)OCc1ccccc1. The minimum Gasteiger partial charge on any atom is -0.473 e. The number of nitrogens with two attached hydrogens (primary N) is 1. The fourth-order valence-corrected chi connectivity index (χ4v) is 1.94. The highest BCUT2D eigenvalue weighted by Gasteiger charge is 2.10. The predicted molar refractivity (Wildman–Crippen MR) is 78.5 cm³/mol. The lowest BCUT2D eigenvalue weighted by Gasteiger charge is -2.13. The van der Waals surface area contributed by atoms with Crippen LogP contribution >= 0.6 is 0 Å². The molecule has 0 unspecified atom stereocenters. The summed E-state index contributed by atoms with van der Waals surface area (Å²) in [6.45, 7) is 4.02. The van der Waals surface area contributed by atoms with Crippen LogP contribution in [-0.2, 0) is 11.3 Å². The standard InChI is InChI=1S/C16H18N2O/c1-18-15(14-10-6-3-7-11-14)16(17)19-12-13-8-4-2-5-9-13/h2-6,8-10H,1,7,11-12,17H2/b16-15-. The zero-order chi connectivity index (χ0) is 13.5. The molecule has 19 heavy (non-hydrogen) atoms. The van der Waals surface area contributed by atoms with E-state index in [1.807, 2.05) is 42.5 Å². The third-order valence-corrected chi connectivity index (χ3v) is 2.95. The van der Waals surface area contributed by atoms with Gasteiger partial charge >= 0.3 is 0 Å². The first-order chi connectivity index (χ1) is 9.31. The average Bonchev–Trinajstić information content (AvgIpc) is 2.48. The smallest absolute Gasteiger partial charge is 0.211 e. The Morgan fingerprint density at radius 3 is 2.74 bits per heavy atom. The van der Waals surface area contributed by atoms with Gasteiger partial charge in [-0.05, 0) is 30.7 Å². The third-order valence-electron chi connectivity index (χ3n) is 2.95. The molecule has 0 aromatic heterocycles. The molecule has 3 nitrogen and oxygen atoms in total. The monoisotopic (exact) mass is 254 g/mol. The Labute approximate surface area is 113 Å². The molecule has 0 amide bonds. The molecular formula is C16H18N2O. The van der Waals surface area contributed by atoms with E-state index < -0.39 is 0 Å². The van der Waals surface area contributed by atoms with Gasteiger partial charge in [-0.2, -0.15) is 0 Å². The van der Waals surface area contributed by atoms with Crippen molar-refractivity contribution in [1.82, 2.24) is 0 Å². The number of benzene rings is 1. The van der Waals surface area contributed by atoms with Crippen LogP contribution in [-0.4, -0.2) is 6.72 Å². The first kappa shape index (κ1) is 13.1. The largest absolute Gasteiger partial charge is 0.473 e. The van der Waals surface area contributed by atoms with Crippen molar-refractivity contribution in [1.29, 1.82) is 0 Å². The molecule has 0 atom stereocenters. The summed E-state index contributed by atoms with van der Waals surface area (Å²) >= 11 is 0. The summed E-state index contributed by atoms with van der Waals surface area (Å²) in [5.41, 5.74) is 8.77. The molecule has 1 aliphatic rings. The number of hydrogen-bond acceptors (Lipinski definition) is 3. The normalized spacial score (nSPS) is 15.5. The van der Waals surface area contributed by atoms with Gasteiger partial charge in [-0.25, -0.2) is 0 Å². The minimum absolute atomic E-state index is 0.334. The van der Waals surface area contributed by atoms with Crippen LogP contribution in [0.4, 0.5) is 0 Å². The molecular weight excluding hydrogens is 236 g/mol. The first-order valence-corrected chi connectivity index (χ1v) is 6.30. The lowest BCUT2D eigenvalue weighted by Crippen LogP contribution is -2.08. The summed E-state index contributed by atoms with van der Waals surface area (Å²) < 4.78 is 5.59. The lowest BCUT2D eigenvalue weighted by atomic mass is 10.0. The molecule has 2 rings (SSSR count). The summed E-state index contributed by atoms with van der Waals surface area (Å²) in [6, 6.07) is 9.91. The van der Waals surface area contributed by atoms with Crippen LogP contribution in [0.1, 0.15) is 18.4 Å². The Morgan fingerprint density at radius 1 is 1.32 bits per heavy atom. The van der Waals surface area contributed by atoms with Gasteiger partial charge in [-0.1, -0.05) is 48.6 Å². The highest BCUT2D eigenvalue weighted by molar-refractivity contribution is 5.42. The Morgan fingerprint density at radius 2 is 2.11 bits per heavy atom. The highest BCUT2D eigenvalue weighted by atomic mass is 16.5. The van der Waals surface area contributed by atoms with Gasteiger partial charge in [0.1, 0.15) is 12.3 Å². The first-order valence-electron chi connectivity index (χ1n) is 6.30. The van der Waals surface area contributed by atoms with E-state index in [2.05, 4.69) is 17.8 Å². The van der Waals surface area contributed by atoms with E-state index in [4.69, 9.17) is 10.5 Å². The molecule has 0 saturated carbocycles. The van der Waals surface area contributed by atoms with Crippen molar-refractivity contribution >= 4 is 6.72 Å². The van der Waals surface area contributed by atoms with E-state index in [1.165, 1.54) is 0 Å². The van der Waals surface area contributed by atoms with E-state index in [0.717, 1.165) is 24.0 Å². The molecule has 0 saturated heterocycles. The topological polar surface area (TPSA) is 47.6 Å². The molecule has 2 N–H and O–H groups in total. The van der Waals surface area contributed by atoms with Crippen LogP contribution in [0.2, 0.25) is 0 Å².